The summed E-state index contributed by atoms with van der Waals surface area (Å²) in [5.74, 6) is 0.242. The van der Waals surface area contributed by atoms with Gasteiger partial charge in [-0.3, -0.25) is 9.59 Å². The van der Waals surface area contributed by atoms with Crippen LogP contribution in [0.4, 0.5) is 0 Å². The summed E-state index contributed by atoms with van der Waals surface area (Å²) in [4.78, 5) is 29.8. The molecule has 1 aliphatic rings. The monoisotopic (exact) mass is 342 g/mol. The molecule has 5 heteroatoms. The Balaban J connectivity index is 1.49. The van der Waals surface area contributed by atoms with E-state index in [0.717, 1.165) is 17.5 Å². The van der Waals surface area contributed by atoms with Crippen molar-refractivity contribution in [1.82, 2.24) is 9.80 Å². The molecule has 2 heterocycles. The first-order valence-electron chi connectivity index (χ1n) is 8.29. The van der Waals surface area contributed by atoms with E-state index >= 15 is 0 Å². The maximum absolute atomic E-state index is 12.5. The molecule has 126 valence electrons. The molecule has 1 aromatic carbocycles. The molecule has 0 aliphatic carbocycles. The molecule has 1 aliphatic heterocycles. The molecule has 0 radical (unpaired) electrons. The van der Waals surface area contributed by atoms with Crippen LogP contribution >= 0.6 is 11.3 Å². The average molecular weight is 342 g/mol. The highest BCUT2D eigenvalue weighted by Crippen LogP contribution is 2.14. The van der Waals surface area contributed by atoms with Crippen molar-refractivity contribution < 1.29 is 9.59 Å². The summed E-state index contributed by atoms with van der Waals surface area (Å²) in [6.45, 7) is 4.48. The molecule has 0 saturated carbocycles. The van der Waals surface area contributed by atoms with E-state index < -0.39 is 0 Å². The van der Waals surface area contributed by atoms with E-state index in [0.29, 0.717) is 32.6 Å². The van der Waals surface area contributed by atoms with Crippen molar-refractivity contribution in [2.75, 3.05) is 26.2 Å². The Bertz CT molecular complexity index is 687. The van der Waals surface area contributed by atoms with Gasteiger partial charge >= 0.3 is 0 Å². The van der Waals surface area contributed by atoms with Crippen LogP contribution in [0.5, 0.6) is 0 Å². The Morgan fingerprint density at radius 2 is 1.67 bits per heavy atom. The lowest BCUT2D eigenvalue weighted by Crippen LogP contribution is -2.50. The second kappa shape index (κ2) is 7.62. The number of amides is 2. The summed E-state index contributed by atoms with van der Waals surface area (Å²) in [5, 5.41) is 2.04. The predicted octanol–water partition coefficient (Wildman–Crippen LogP) is 2.97. The summed E-state index contributed by atoms with van der Waals surface area (Å²) in [7, 11) is 0. The van der Waals surface area contributed by atoms with E-state index in [-0.39, 0.29) is 11.8 Å². The SMILES string of the molecule is Cc1ccc(C(=O)N2CCN(C(=O)CCc3cccs3)CC2)cc1. The smallest absolute Gasteiger partial charge is 0.253 e. The van der Waals surface area contributed by atoms with Crippen molar-refractivity contribution in [3.8, 4) is 0 Å². The molecular weight excluding hydrogens is 320 g/mol. The van der Waals surface area contributed by atoms with Gasteiger partial charge in [0, 0.05) is 43.0 Å². The zero-order valence-electron chi connectivity index (χ0n) is 13.9. The van der Waals surface area contributed by atoms with Crippen LogP contribution in [0.3, 0.4) is 0 Å². The van der Waals surface area contributed by atoms with Crippen molar-refractivity contribution in [2.24, 2.45) is 0 Å². The largest absolute Gasteiger partial charge is 0.339 e. The second-order valence-electron chi connectivity index (χ2n) is 6.12. The number of hydrogen-bond donors (Lipinski definition) is 0. The highest BCUT2D eigenvalue weighted by molar-refractivity contribution is 7.09. The Hall–Kier alpha value is -2.14. The molecule has 2 aromatic rings. The number of carbonyl (C=O) groups is 2. The average Bonchev–Trinajstić information content (AvgIpc) is 3.13. The van der Waals surface area contributed by atoms with Crippen molar-refractivity contribution in [3.05, 3.63) is 57.8 Å². The first kappa shape index (κ1) is 16.7. The highest BCUT2D eigenvalue weighted by atomic mass is 32.1. The van der Waals surface area contributed by atoms with Crippen LogP contribution in [-0.2, 0) is 11.2 Å². The molecule has 0 unspecified atom stereocenters. The van der Waals surface area contributed by atoms with Crippen molar-refractivity contribution in [1.29, 1.82) is 0 Å². The summed E-state index contributed by atoms with van der Waals surface area (Å²) < 4.78 is 0. The second-order valence-corrected chi connectivity index (χ2v) is 7.15. The van der Waals surface area contributed by atoms with E-state index in [1.165, 1.54) is 4.88 Å². The topological polar surface area (TPSA) is 40.6 Å². The molecule has 3 rings (SSSR count). The fourth-order valence-corrected chi connectivity index (χ4v) is 3.59. The van der Waals surface area contributed by atoms with E-state index in [9.17, 15) is 9.59 Å². The maximum atomic E-state index is 12.5. The van der Waals surface area contributed by atoms with E-state index in [1.54, 1.807) is 11.3 Å². The van der Waals surface area contributed by atoms with Gasteiger partial charge in [0.2, 0.25) is 5.91 Å². The third kappa shape index (κ3) is 4.03. The lowest BCUT2D eigenvalue weighted by molar-refractivity contribution is -0.132. The van der Waals surface area contributed by atoms with Gasteiger partial charge in [-0.2, -0.15) is 0 Å². The number of piperazine rings is 1. The highest BCUT2D eigenvalue weighted by Gasteiger charge is 2.24. The predicted molar refractivity (Wildman–Crippen MR) is 96.3 cm³/mol. The van der Waals surface area contributed by atoms with E-state index in [2.05, 4.69) is 6.07 Å². The number of carbonyl (C=O) groups excluding carboxylic acids is 2. The molecule has 24 heavy (non-hydrogen) atoms. The van der Waals surface area contributed by atoms with Crippen LogP contribution in [0.25, 0.3) is 0 Å². The standard InChI is InChI=1S/C19H22N2O2S/c1-15-4-6-16(7-5-15)19(23)21-12-10-20(11-13-21)18(22)9-8-17-3-2-14-24-17/h2-7,14H,8-13H2,1H3. The third-order valence-corrected chi connectivity index (χ3v) is 5.32. The summed E-state index contributed by atoms with van der Waals surface area (Å²) >= 11 is 1.69. The maximum Gasteiger partial charge on any atom is 0.253 e. The lowest BCUT2D eigenvalue weighted by Gasteiger charge is -2.35. The Kier molecular flexibility index (Phi) is 5.30. The summed E-state index contributed by atoms with van der Waals surface area (Å²) in [6.07, 6.45) is 1.35. The first-order valence-corrected chi connectivity index (χ1v) is 9.17. The van der Waals surface area contributed by atoms with Gasteiger partial charge in [0.05, 0.1) is 0 Å². The van der Waals surface area contributed by atoms with Gasteiger partial charge in [0.15, 0.2) is 0 Å². The molecule has 1 aromatic heterocycles. The van der Waals surface area contributed by atoms with Gasteiger partial charge < -0.3 is 9.80 Å². The van der Waals surface area contributed by atoms with Gasteiger partial charge in [0.25, 0.3) is 5.91 Å². The zero-order valence-corrected chi connectivity index (χ0v) is 14.7. The van der Waals surface area contributed by atoms with Crippen molar-refractivity contribution in [2.45, 2.75) is 19.8 Å². The van der Waals surface area contributed by atoms with Gasteiger partial charge in [-0.15, -0.1) is 11.3 Å². The molecule has 0 N–H and O–H groups in total. The molecule has 0 spiro atoms. The number of aryl methyl sites for hydroxylation is 2. The van der Waals surface area contributed by atoms with Crippen molar-refractivity contribution >= 4 is 23.2 Å². The van der Waals surface area contributed by atoms with Gasteiger partial charge in [-0.05, 0) is 36.9 Å². The Labute approximate surface area is 146 Å². The van der Waals surface area contributed by atoms with Crippen LogP contribution in [0.1, 0.15) is 27.2 Å². The molecule has 1 fully saturated rings. The van der Waals surface area contributed by atoms with Crippen molar-refractivity contribution in [3.63, 3.8) is 0 Å². The minimum absolute atomic E-state index is 0.0562. The number of benzene rings is 1. The quantitative estimate of drug-likeness (QED) is 0.857. The van der Waals surface area contributed by atoms with Crippen LogP contribution in [0, 0.1) is 6.92 Å². The van der Waals surface area contributed by atoms with Crippen LogP contribution in [0.2, 0.25) is 0 Å². The lowest BCUT2D eigenvalue weighted by atomic mass is 10.1. The third-order valence-electron chi connectivity index (χ3n) is 4.38. The number of nitrogens with zero attached hydrogens (tertiary/aromatic N) is 2. The number of thiophene rings is 1. The molecule has 0 atom stereocenters. The van der Waals surface area contributed by atoms with E-state index in [1.807, 2.05) is 52.4 Å². The zero-order chi connectivity index (χ0) is 16.9. The Morgan fingerprint density at radius 1 is 1.00 bits per heavy atom. The molecule has 0 bridgehead atoms. The minimum atomic E-state index is 0.0562. The molecule has 1 saturated heterocycles. The fraction of sp³-hybridized carbons (Fsp3) is 0.368. The van der Waals surface area contributed by atoms with Gasteiger partial charge in [0.1, 0.15) is 0 Å². The van der Waals surface area contributed by atoms with Crippen LogP contribution in [0.15, 0.2) is 41.8 Å². The van der Waals surface area contributed by atoms with Gasteiger partial charge in [-0.25, -0.2) is 0 Å². The molecule has 4 nitrogen and oxygen atoms in total. The van der Waals surface area contributed by atoms with Crippen LogP contribution in [-0.4, -0.2) is 47.8 Å². The number of rotatable bonds is 4. The van der Waals surface area contributed by atoms with Gasteiger partial charge in [-0.1, -0.05) is 23.8 Å². The summed E-state index contributed by atoms with van der Waals surface area (Å²) in [5.41, 5.74) is 1.87. The summed E-state index contributed by atoms with van der Waals surface area (Å²) in [6, 6.07) is 11.7. The normalized spacial score (nSPS) is 14.7. The minimum Gasteiger partial charge on any atom is -0.339 e. The molecule has 2 amide bonds. The van der Waals surface area contributed by atoms with E-state index in [4.69, 9.17) is 0 Å². The number of hydrogen-bond acceptors (Lipinski definition) is 3. The first-order chi connectivity index (χ1) is 11.6. The molecular formula is C19H22N2O2S. The fourth-order valence-electron chi connectivity index (χ4n) is 2.88. The Morgan fingerprint density at radius 3 is 2.29 bits per heavy atom. The van der Waals surface area contributed by atoms with Crippen LogP contribution < -0.4 is 0 Å².